The summed E-state index contributed by atoms with van der Waals surface area (Å²) < 4.78 is 32.2. The van der Waals surface area contributed by atoms with Gasteiger partial charge in [-0.1, -0.05) is 29.8 Å². The Morgan fingerprint density at radius 3 is 2.68 bits per heavy atom. The average Bonchev–Trinajstić information content (AvgIpc) is 3.35. The Kier molecular flexibility index (Phi) is 7.11. The molecule has 8 nitrogen and oxygen atoms in total. The summed E-state index contributed by atoms with van der Waals surface area (Å²) in [4.78, 5) is 29.6. The standard InChI is InChI=1S/C24H25N3O5S2/c1-16-8-10-20(11-9-16)34(30,31)27-12-4-7-19(15-27)26-22(28)21-14-25-23(33-21)17-5-3-6-18(13-17)24(29)32-2/h3,5-6,8-11,13-14,19H,4,7,12,15H2,1-2H3,(H,26,28). The van der Waals surface area contributed by atoms with Crippen LogP contribution in [0, 0.1) is 6.92 Å². The van der Waals surface area contributed by atoms with Gasteiger partial charge in [-0.2, -0.15) is 4.31 Å². The molecule has 1 aliphatic heterocycles. The van der Waals surface area contributed by atoms with Gasteiger partial charge in [-0.25, -0.2) is 18.2 Å². The molecule has 2 aromatic carbocycles. The number of piperidine rings is 1. The molecular weight excluding hydrogens is 474 g/mol. The Morgan fingerprint density at radius 2 is 1.94 bits per heavy atom. The molecule has 3 aromatic rings. The fourth-order valence-electron chi connectivity index (χ4n) is 3.80. The number of hydrogen-bond donors (Lipinski definition) is 1. The minimum atomic E-state index is -3.62. The van der Waals surface area contributed by atoms with Gasteiger partial charge in [0.15, 0.2) is 0 Å². The van der Waals surface area contributed by atoms with Gasteiger partial charge in [0.2, 0.25) is 10.0 Å². The summed E-state index contributed by atoms with van der Waals surface area (Å²) in [6.45, 7) is 2.54. The Bertz CT molecular complexity index is 1300. The van der Waals surface area contributed by atoms with E-state index in [-0.39, 0.29) is 23.4 Å². The van der Waals surface area contributed by atoms with Gasteiger partial charge in [0, 0.05) is 24.7 Å². The van der Waals surface area contributed by atoms with Gasteiger partial charge in [-0.15, -0.1) is 11.3 Å². The van der Waals surface area contributed by atoms with Gasteiger partial charge in [0.25, 0.3) is 5.91 Å². The quantitative estimate of drug-likeness (QED) is 0.521. The van der Waals surface area contributed by atoms with Crippen LogP contribution in [0.1, 0.15) is 38.4 Å². The van der Waals surface area contributed by atoms with Crippen LogP contribution < -0.4 is 5.32 Å². The zero-order chi connectivity index (χ0) is 24.3. The molecule has 1 atom stereocenters. The van der Waals surface area contributed by atoms with E-state index >= 15 is 0 Å². The Balaban J connectivity index is 1.44. The third kappa shape index (κ3) is 5.19. The van der Waals surface area contributed by atoms with Crippen molar-refractivity contribution in [3.63, 3.8) is 0 Å². The number of hydrogen-bond acceptors (Lipinski definition) is 7. The van der Waals surface area contributed by atoms with E-state index in [9.17, 15) is 18.0 Å². The highest BCUT2D eigenvalue weighted by molar-refractivity contribution is 7.89. The Morgan fingerprint density at radius 1 is 1.18 bits per heavy atom. The van der Waals surface area contributed by atoms with E-state index < -0.39 is 16.0 Å². The summed E-state index contributed by atoms with van der Waals surface area (Å²) in [5.74, 6) is -0.744. The maximum Gasteiger partial charge on any atom is 0.337 e. The van der Waals surface area contributed by atoms with Crippen molar-refractivity contribution in [2.24, 2.45) is 0 Å². The van der Waals surface area contributed by atoms with E-state index in [2.05, 4.69) is 10.3 Å². The van der Waals surface area contributed by atoms with Crippen LogP contribution in [0.15, 0.2) is 59.6 Å². The first kappa shape index (κ1) is 24.1. The van der Waals surface area contributed by atoms with Crippen LogP contribution in [0.25, 0.3) is 10.6 Å². The van der Waals surface area contributed by atoms with Crippen LogP contribution >= 0.6 is 11.3 Å². The lowest BCUT2D eigenvalue weighted by atomic mass is 10.1. The van der Waals surface area contributed by atoms with E-state index in [0.29, 0.717) is 40.4 Å². The highest BCUT2D eigenvalue weighted by Gasteiger charge is 2.31. The molecule has 0 radical (unpaired) electrons. The molecular formula is C24H25N3O5S2. The summed E-state index contributed by atoms with van der Waals surface area (Å²) in [6, 6.07) is 13.3. The zero-order valence-corrected chi connectivity index (χ0v) is 20.5. The van der Waals surface area contributed by atoms with Crippen molar-refractivity contribution in [3.8, 4) is 10.6 Å². The molecule has 0 aliphatic carbocycles. The number of carbonyl (C=O) groups is 2. The average molecular weight is 500 g/mol. The van der Waals surface area contributed by atoms with Crippen LogP contribution in [0.3, 0.4) is 0 Å². The monoisotopic (exact) mass is 499 g/mol. The summed E-state index contributed by atoms with van der Waals surface area (Å²) in [5, 5.41) is 3.55. The van der Waals surface area contributed by atoms with Gasteiger partial charge in [0.05, 0.1) is 23.8 Å². The van der Waals surface area contributed by atoms with Gasteiger partial charge in [0.1, 0.15) is 9.88 Å². The van der Waals surface area contributed by atoms with Crippen LogP contribution in [0.5, 0.6) is 0 Å². The molecule has 1 fully saturated rings. The molecule has 1 N–H and O–H groups in total. The van der Waals surface area contributed by atoms with Gasteiger partial charge < -0.3 is 10.1 Å². The second-order valence-corrected chi connectivity index (χ2v) is 11.1. The number of aromatic nitrogens is 1. The number of rotatable bonds is 6. The number of ether oxygens (including phenoxy) is 1. The van der Waals surface area contributed by atoms with Crippen LogP contribution in [0.4, 0.5) is 0 Å². The smallest absolute Gasteiger partial charge is 0.337 e. The van der Waals surface area contributed by atoms with Gasteiger partial charge >= 0.3 is 5.97 Å². The largest absolute Gasteiger partial charge is 0.465 e. The Labute approximate surface area is 202 Å². The van der Waals surface area contributed by atoms with Crippen molar-refractivity contribution in [1.29, 1.82) is 0 Å². The van der Waals surface area contributed by atoms with Crippen LogP contribution in [0.2, 0.25) is 0 Å². The number of benzene rings is 2. The fourth-order valence-corrected chi connectivity index (χ4v) is 6.14. The summed E-state index contributed by atoms with van der Waals surface area (Å²) >= 11 is 1.21. The maximum atomic E-state index is 13.0. The first-order valence-corrected chi connectivity index (χ1v) is 13.1. The summed E-state index contributed by atoms with van der Waals surface area (Å²) in [7, 11) is -2.30. The van der Waals surface area contributed by atoms with Crippen molar-refractivity contribution >= 4 is 33.2 Å². The van der Waals surface area contributed by atoms with Crippen molar-refractivity contribution in [3.05, 3.63) is 70.7 Å². The van der Waals surface area contributed by atoms with E-state index in [4.69, 9.17) is 4.74 Å². The molecule has 178 valence electrons. The summed E-state index contributed by atoms with van der Waals surface area (Å²) in [6.07, 6.45) is 2.84. The molecule has 0 saturated carbocycles. The zero-order valence-electron chi connectivity index (χ0n) is 18.9. The number of carbonyl (C=O) groups excluding carboxylic acids is 2. The number of sulfonamides is 1. The molecule has 1 aliphatic rings. The van der Waals surface area contributed by atoms with Crippen molar-refractivity contribution in [2.45, 2.75) is 30.7 Å². The number of thiazole rings is 1. The maximum absolute atomic E-state index is 13.0. The van der Waals surface area contributed by atoms with E-state index in [1.807, 2.05) is 13.0 Å². The van der Waals surface area contributed by atoms with Crippen molar-refractivity contribution in [2.75, 3.05) is 20.2 Å². The van der Waals surface area contributed by atoms with Crippen molar-refractivity contribution in [1.82, 2.24) is 14.6 Å². The van der Waals surface area contributed by atoms with Crippen LogP contribution in [-0.2, 0) is 14.8 Å². The number of methoxy groups -OCH3 is 1. The minimum Gasteiger partial charge on any atom is -0.465 e. The molecule has 10 heteroatoms. The van der Waals surface area contributed by atoms with E-state index in [1.54, 1.807) is 42.5 Å². The van der Waals surface area contributed by atoms with Gasteiger partial charge in [-0.3, -0.25) is 4.79 Å². The molecule has 0 spiro atoms. The SMILES string of the molecule is COC(=O)c1cccc(-c2ncc(C(=O)NC3CCCN(S(=O)(=O)c4ccc(C)cc4)C3)s2)c1. The molecule has 0 bridgehead atoms. The molecule has 1 saturated heterocycles. The molecule has 1 aromatic heterocycles. The first-order valence-electron chi connectivity index (χ1n) is 10.8. The fraction of sp³-hybridized carbons (Fsp3) is 0.292. The molecule has 1 amide bonds. The first-order chi connectivity index (χ1) is 16.3. The van der Waals surface area contributed by atoms with Crippen molar-refractivity contribution < 1.29 is 22.7 Å². The topological polar surface area (TPSA) is 106 Å². The second kappa shape index (κ2) is 10.0. The number of amides is 1. The molecule has 4 rings (SSSR count). The van der Waals surface area contributed by atoms with E-state index in [1.165, 1.54) is 28.9 Å². The normalized spacial score (nSPS) is 16.7. The molecule has 34 heavy (non-hydrogen) atoms. The number of nitrogens with zero attached hydrogens (tertiary/aromatic N) is 2. The predicted octanol–water partition coefficient (Wildman–Crippen LogP) is 3.49. The third-order valence-electron chi connectivity index (χ3n) is 5.64. The number of nitrogens with one attached hydrogen (secondary N) is 1. The molecule has 2 heterocycles. The number of esters is 1. The Hall–Kier alpha value is -3.08. The van der Waals surface area contributed by atoms with E-state index in [0.717, 1.165) is 5.56 Å². The minimum absolute atomic E-state index is 0.217. The lowest BCUT2D eigenvalue weighted by Gasteiger charge is -2.32. The second-order valence-electron chi connectivity index (χ2n) is 8.09. The lowest BCUT2D eigenvalue weighted by Crippen LogP contribution is -2.49. The molecule has 1 unspecified atom stereocenters. The number of aryl methyl sites for hydroxylation is 1. The predicted molar refractivity (Wildman–Crippen MR) is 129 cm³/mol. The summed E-state index contributed by atoms with van der Waals surface area (Å²) in [5.41, 5.74) is 2.10. The third-order valence-corrected chi connectivity index (χ3v) is 8.56. The van der Waals surface area contributed by atoms with Gasteiger partial charge in [-0.05, 0) is 44.0 Å². The lowest BCUT2D eigenvalue weighted by molar-refractivity contribution is 0.0600. The highest BCUT2D eigenvalue weighted by Crippen LogP contribution is 2.27. The highest BCUT2D eigenvalue weighted by atomic mass is 32.2. The van der Waals surface area contributed by atoms with Crippen LogP contribution in [-0.4, -0.2) is 55.8 Å².